The van der Waals surface area contributed by atoms with Crippen molar-refractivity contribution >= 4 is 11.9 Å². The van der Waals surface area contributed by atoms with Crippen LogP contribution in [-0.4, -0.2) is 51.3 Å². The summed E-state index contributed by atoms with van der Waals surface area (Å²) in [6, 6.07) is 0. The third-order valence-corrected chi connectivity index (χ3v) is 2.29. The number of aromatic amines is 1. The molecule has 0 bridgehead atoms. The van der Waals surface area contributed by atoms with E-state index in [0.717, 1.165) is 5.32 Å². The lowest BCUT2D eigenvalue weighted by molar-refractivity contribution is -0.472. The number of nitrogens with one attached hydrogen (secondary N) is 2. The molecule has 144 valence electrons. The molecule has 0 fully saturated rings. The van der Waals surface area contributed by atoms with Crippen LogP contribution in [-0.2, 0) is 9.53 Å². The Balaban J connectivity index is 3.25. The Bertz CT molecular complexity index is 611. The van der Waals surface area contributed by atoms with Gasteiger partial charge in [0, 0.05) is 0 Å². The number of carbonyl (C=O) groups excluding carboxylic acids is 1. The maximum Gasteiger partial charge on any atom is 0.462 e. The number of alkyl halides is 11. The van der Waals surface area contributed by atoms with E-state index in [1.807, 2.05) is 4.74 Å². The Labute approximate surface area is 128 Å². The first-order valence-corrected chi connectivity index (χ1v) is 5.40. The van der Waals surface area contributed by atoms with E-state index >= 15 is 0 Å². The Kier molecular flexibility index (Phi) is 4.96. The van der Waals surface area contributed by atoms with E-state index in [1.54, 1.807) is 5.10 Å². The highest BCUT2D eigenvalue weighted by molar-refractivity contribution is 5.95. The second kappa shape index (κ2) is 5.95. The number of halogens is 11. The van der Waals surface area contributed by atoms with Gasteiger partial charge in [-0.2, -0.15) is 58.4 Å². The van der Waals surface area contributed by atoms with Gasteiger partial charge in [0.15, 0.2) is 0 Å². The van der Waals surface area contributed by atoms with E-state index in [4.69, 9.17) is 0 Å². The standard InChI is InChI=1S/C8H3F11N4O2/c9-4(6(12,13)14,2(24)22-3-20-1-21-23-3)25-8(18,19)5(10,11)7(15,16)17/h1H,(H2,20,21,22,23,24)/t4-/m1/s1. The third-order valence-electron chi connectivity index (χ3n) is 2.29. The number of H-pyrrole nitrogens is 1. The molecule has 0 saturated carbocycles. The number of rotatable bonds is 5. The minimum atomic E-state index is -7.25. The van der Waals surface area contributed by atoms with E-state index < -0.39 is 42.1 Å². The molecule has 1 heterocycles. The van der Waals surface area contributed by atoms with Crippen molar-refractivity contribution in [1.82, 2.24) is 15.2 Å². The van der Waals surface area contributed by atoms with Crippen LogP contribution in [0, 0.1) is 0 Å². The van der Waals surface area contributed by atoms with Crippen LogP contribution in [0.1, 0.15) is 0 Å². The molecule has 0 aliphatic carbocycles. The second-order valence-corrected chi connectivity index (χ2v) is 4.07. The fourth-order valence-electron chi connectivity index (χ4n) is 1.09. The number of nitrogens with zero attached hydrogens (tertiary/aromatic N) is 2. The fraction of sp³-hybridized carbons (Fsp3) is 0.625. The molecule has 0 spiro atoms. The van der Waals surface area contributed by atoms with Crippen molar-refractivity contribution in [1.29, 1.82) is 0 Å². The molecule has 1 aromatic rings. The number of amides is 1. The molecule has 25 heavy (non-hydrogen) atoms. The minimum Gasteiger partial charge on any atom is -0.290 e. The summed E-state index contributed by atoms with van der Waals surface area (Å²) in [4.78, 5) is 14.1. The van der Waals surface area contributed by atoms with Gasteiger partial charge >= 0.3 is 36.1 Å². The molecular weight excluding hydrogens is 393 g/mol. The lowest BCUT2D eigenvalue weighted by Crippen LogP contribution is -2.62. The number of ether oxygens (including phenoxy) is 1. The maximum absolute atomic E-state index is 13.7. The monoisotopic (exact) mass is 396 g/mol. The number of aromatic nitrogens is 3. The summed E-state index contributed by atoms with van der Waals surface area (Å²) < 4.78 is 140. The van der Waals surface area contributed by atoms with Crippen molar-refractivity contribution in [3.05, 3.63) is 6.33 Å². The van der Waals surface area contributed by atoms with Gasteiger partial charge in [-0.05, 0) is 0 Å². The van der Waals surface area contributed by atoms with Crippen LogP contribution in [0.4, 0.5) is 54.2 Å². The molecule has 0 aromatic carbocycles. The molecule has 1 atom stereocenters. The van der Waals surface area contributed by atoms with E-state index in [2.05, 4.69) is 10.1 Å². The Morgan fingerprint density at radius 1 is 0.960 bits per heavy atom. The molecule has 1 amide bonds. The summed E-state index contributed by atoms with van der Waals surface area (Å²) in [6.07, 6.45) is -20.5. The molecule has 0 aliphatic heterocycles. The van der Waals surface area contributed by atoms with Gasteiger partial charge in [0.2, 0.25) is 5.95 Å². The molecule has 0 saturated heterocycles. The molecule has 17 heteroatoms. The van der Waals surface area contributed by atoms with Gasteiger partial charge in [0.1, 0.15) is 6.33 Å². The van der Waals surface area contributed by atoms with Crippen LogP contribution in [0.15, 0.2) is 6.33 Å². The molecule has 1 rings (SSSR count). The van der Waals surface area contributed by atoms with Gasteiger partial charge in [0.25, 0.3) is 0 Å². The Hall–Kier alpha value is -2.20. The van der Waals surface area contributed by atoms with Crippen LogP contribution in [0.2, 0.25) is 0 Å². The van der Waals surface area contributed by atoms with Gasteiger partial charge in [-0.15, -0.1) is 0 Å². The zero-order valence-electron chi connectivity index (χ0n) is 10.9. The molecule has 2 N–H and O–H groups in total. The summed E-state index contributed by atoms with van der Waals surface area (Å²) in [6.45, 7) is 0. The number of carbonyl (C=O) groups is 1. The lowest BCUT2D eigenvalue weighted by Gasteiger charge is -2.33. The van der Waals surface area contributed by atoms with Gasteiger partial charge in [-0.3, -0.25) is 14.8 Å². The van der Waals surface area contributed by atoms with E-state index in [-0.39, 0.29) is 0 Å². The summed E-state index contributed by atoms with van der Waals surface area (Å²) in [5.41, 5.74) is 0. The highest BCUT2D eigenvalue weighted by Crippen LogP contribution is 2.51. The van der Waals surface area contributed by atoms with Crippen LogP contribution >= 0.6 is 0 Å². The lowest BCUT2D eigenvalue weighted by atomic mass is 10.2. The van der Waals surface area contributed by atoms with E-state index in [1.165, 1.54) is 0 Å². The molecule has 0 aliphatic rings. The highest BCUT2D eigenvalue weighted by Gasteiger charge is 2.79. The second-order valence-electron chi connectivity index (χ2n) is 4.07. The quantitative estimate of drug-likeness (QED) is 0.751. The van der Waals surface area contributed by atoms with Crippen molar-refractivity contribution in [2.24, 2.45) is 0 Å². The smallest absolute Gasteiger partial charge is 0.290 e. The molecular formula is C8H3F11N4O2. The zero-order valence-corrected chi connectivity index (χ0v) is 10.9. The van der Waals surface area contributed by atoms with Crippen molar-refractivity contribution in [2.75, 3.05) is 5.32 Å². The van der Waals surface area contributed by atoms with Crippen LogP contribution in [0.25, 0.3) is 0 Å². The van der Waals surface area contributed by atoms with Crippen molar-refractivity contribution < 1.29 is 57.8 Å². The van der Waals surface area contributed by atoms with Gasteiger partial charge in [-0.25, -0.2) is 5.10 Å². The molecule has 6 nitrogen and oxygen atoms in total. The maximum atomic E-state index is 13.7. The molecule has 0 unspecified atom stereocenters. The first-order valence-electron chi connectivity index (χ1n) is 5.40. The SMILES string of the molecule is O=C(Nc1ncn[nH]1)[C@@](F)(OC(F)(F)C(F)(F)C(F)(F)F)C(F)(F)F. The average molecular weight is 396 g/mol. The van der Waals surface area contributed by atoms with E-state index in [9.17, 15) is 53.1 Å². The fourth-order valence-corrected chi connectivity index (χ4v) is 1.09. The topological polar surface area (TPSA) is 79.9 Å². The van der Waals surface area contributed by atoms with Gasteiger partial charge in [0.05, 0.1) is 0 Å². The normalized spacial score (nSPS) is 16.4. The summed E-state index contributed by atoms with van der Waals surface area (Å²) in [5, 5.41) is 5.40. The highest BCUT2D eigenvalue weighted by atomic mass is 19.4. The third kappa shape index (κ3) is 3.74. The first-order chi connectivity index (χ1) is 11.0. The van der Waals surface area contributed by atoms with Crippen LogP contribution in [0.3, 0.4) is 0 Å². The summed E-state index contributed by atoms with van der Waals surface area (Å²) in [5.74, 6) is -17.8. The largest absolute Gasteiger partial charge is 0.462 e. The number of hydrogen-bond donors (Lipinski definition) is 2. The van der Waals surface area contributed by atoms with Gasteiger partial charge < -0.3 is 0 Å². The Morgan fingerprint density at radius 2 is 1.48 bits per heavy atom. The first kappa shape index (κ1) is 20.8. The number of hydrogen-bond acceptors (Lipinski definition) is 4. The van der Waals surface area contributed by atoms with Gasteiger partial charge in [-0.1, -0.05) is 0 Å². The molecule has 1 aromatic heterocycles. The minimum absolute atomic E-state index is 0.538. The predicted octanol–water partition coefficient (Wildman–Crippen LogP) is 2.78. The average Bonchev–Trinajstić information content (AvgIpc) is 2.87. The Morgan fingerprint density at radius 3 is 1.84 bits per heavy atom. The van der Waals surface area contributed by atoms with Crippen LogP contribution < -0.4 is 5.32 Å². The summed E-state index contributed by atoms with van der Waals surface area (Å²) in [7, 11) is 0. The molecule has 0 radical (unpaired) electrons. The van der Waals surface area contributed by atoms with Crippen molar-refractivity contribution in [2.45, 2.75) is 30.2 Å². The zero-order chi connectivity index (χ0) is 19.9. The van der Waals surface area contributed by atoms with E-state index in [0.29, 0.717) is 6.33 Å². The van der Waals surface area contributed by atoms with Crippen molar-refractivity contribution in [3.8, 4) is 0 Å². The predicted molar refractivity (Wildman–Crippen MR) is 51.9 cm³/mol. The summed E-state index contributed by atoms with van der Waals surface area (Å²) >= 11 is 0. The number of anilines is 1. The van der Waals surface area contributed by atoms with Crippen LogP contribution in [0.5, 0.6) is 0 Å². The van der Waals surface area contributed by atoms with Crippen molar-refractivity contribution in [3.63, 3.8) is 0 Å².